The molecule has 3 N–H and O–H groups in total. The van der Waals surface area contributed by atoms with Gasteiger partial charge in [-0.25, -0.2) is 9.97 Å². The SMILES string of the molecule is Cc1[nH]cnc1CSCCNC(=O)c1cnc(C2CC2)[nH]c1=O. The van der Waals surface area contributed by atoms with E-state index in [1.54, 1.807) is 18.1 Å². The maximum Gasteiger partial charge on any atom is 0.263 e. The van der Waals surface area contributed by atoms with Gasteiger partial charge in [0.1, 0.15) is 11.4 Å². The molecular formula is C15H19N5O2S. The van der Waals surface area contributed by atoms with Crippen LogP contribution in [0.4, 0.5) is 0 Å². The lowest BCUT2D eigenvalue weighted by Crippen LogP contribution is -2.31. The van der Waals surface area contributed by atoms with Crippen molar-refractivity contribution in [3.05, 3.63) is 45.7 Å². The largest absolute Gasteiger partial charge is 0.351 e. The first-order valence-corrected chi connectivity index (χ1v) is 8.74. The molecule has 122 valence electrons. The first-order valence-electron chi connectivity index (χ1n) is 7.59. The highest BCUT2D eigenvalue weighted by molar-refractivity contribution is 7.98. The molecule has 0 bridgehead atoms. The van der Waals surface area contributed by atoms with Gasteiger partial charge < -0.3 is 15.3 Å². The fourth-order valence-corrected chi connectivity index (χ4v) is 3.04. The Bertz CT molecular complexity index is 750. The van der Waals surface area contributed by atoms with Crippen LogP contribution < -0.4 is 10.9 Å². The molecule has 0 unspecified atom stereocenters. The number of rotatable bonds is 7. The number of carbonyl (C=O) groups is 1. The quantitative estimate of drug-likeness (QED) is 0.664. The molecule has 0 spiro atoms. The third-order valence-electron chi connectivity index (χ3n) is 3.73. The van der Waals surface area contributed by atoms with Gasteiger partial charge in [0.25, 0.3) is 11.5 Å². The number of nitrogens with one attached hydrogen (secondary N) is 3. The van der Waals surface area contributed by atoms with Crippen LogP contribution in [-0.4, -0.2) is 38.1 Å². The van der Waals surface area contributed by atoms with E-state index in [-0.39, 0.29) is 17.0 Å². The molecule has 1 aliphatic rings. The number of hydrogen-bond acceptors (Lipinski definition) is 5. The Labute approximate surface area is 137 Å². The second kappa shape index (κ2) is 6.99. The minimum atomic E-state index is -0.377. The van der Waals surface area contributed by atoms with Crippen molar-refractivity contribution in [1.29, 1.82) is 0 Å². The van der Waals surface area contributed by atoms with Crippen LogP contribution in [0.5, 0.6) is 0 Å². The van der Waals surface area contributed by atoms with Crippen LogP contribution in [0, 0.1) is 6.92 Å². The molecule has 1 aliphatic carbocycles. The molecule has 2 aromatic heterocycles. The van der Waals surface area contributed by atoms with Crippen molar-refractivity contribution in [3.8, 4) is 0 Å². The number of thioether (sulfide) groups is 1. The molecule has 0 atom stereocenters. The normalized spacial score (nSPS) is 14.0. The molecule has 0 aromatic carbocycles. The molecule has 23 heavy (non-hydrogen) atoms. The van der Waals surface area contributed by atoms with Crippen molar-refractivity contribution in [2.24, 2.45) is 0 Å². The fourth-order valence-electron chi connectivity index (χ4n) is 2.17. The Morgan fingerprint density at radius 3 is 2.91 bits per heavy atom. The van der Waals surface area contributed by atoms with Gasteiger partial charge in [0.2, 0.25) is 0 Å². The number of hydrogen-bond donors (Lipinski definition) is 3. The minimum Gasteiger partial charge on any atom is -0.351 e. The number of carbonyl (C=O) groups excluding carboxylic acids is 1. The summed E-state index contributed by atoms with van der Waals surface area (Å²) < 4.78 is 0. The molecule has 2 aromatic rings. The average Bonchev–Trinajstić information content (AvgIpc) is 3.30. The Balaban J connectivity index is 1.44. The molecule has 2 heterocycles. The third kappa shape index (κ3) is 4.01. The number of H-pyrrole nitrogens is 2. The van der Waals surface area contributed by atoms with Crippen LogP contribution >= 0.6 is 11.8 Å². The first-order chi connectivity index (χ1) is 11.1. The Morgan fingerprint density at radius 2 is 2.26 bits per heavy atom. The second-order valence-electron chi connectivity index (χ2n) is 5.57. The van der Waals surface area contributed by atoms with Gasteiger partial charge in [-0.1, -0.05) is 0 Å². The van der Waals surface area contributed by atoms with Crippen molar-refractivity contribution in [3.63, 3.8) is 0 Å². The number of aryl methyl sites for hydroxylation is 1. The maximum atomic E-state index is 12.0. The summed E-state index contributed by atoms with van der Waals surface area (Å²) >= 11 is 1.68. The van der Waals surface area contributed by atoms with E-state index in [2.05, 4.69) is 25.3 Å². The summed E-state index contributed by atoms with van der Waals surface area (Å²) in [4.78, 5) is 38.1. The highest BCUT2D eigenvalue weighted by atomic mass is 32.2. The van der Waals surface area contributed by atoms with Gasteiger partial charge in [-0.15, -0.1) is 0 Å². The van der Waals surface area contributed by atoms with Gasteiger partial charge >= 0.3 is 0 Å². The molecule has 0 aliphatic heterocycles. The van der Waals surface area contributed by atoms with Crippen LogP contribution in [-0.2, 0) is 5.75 Å². The zero-order valence-corrected chi connectivity index (χ0v) is 13.7. The lowest BCUT2D eigenvalue weighted by atomic mass is 10.3. The zero-order valence-electron chi connectivity index (χ0n) is 12.9. The molecule has 0 radical (unpaired) electrons. The van der Waals surface area contributed by atoms with Crippen molar-refractivity contribution in [2.45, 2.75) is 31.4 Å². The number of nitrogens with zero attached hydrogens (tertiary/aromatic N) is 2. The number of imidazole rings is 1. The monoisotopic (exact) mass is 333 g/mol. The zero-order chi connectivity index (χ0) is 16.2. The van der Waals surface area contributed by atoms with Gasteiger partial charge in [0.05, 0.1) is 12.0 Å². The van der Waals surface area contributed by atoms with E-state index in [0.29, 0.717) is 18.3 Å². The molecule has 8 heteroatoms. The smallest absolute Gasteiger partial charge is 0.263 e. The van der Waals surface area contributed by atoms with Crippen LogP contribution in [0.2, 0.25) is 0 Å². The van der Waals surface area contributed by atoms with E-state index in [1.165, 1.54) is 6.20 Å². The lowest BCUT2D eigenvalue weighted by Gasteiger charge is -2.05. The van der Waals surface area contributed by atoms with Gasteiger partial charge in [0.15, 0.2) is 0 Å². The second-order valence-corrected chi connectivity index (χ2v) is 6.67. The molecule has 1 amide bonds. The van der Waals surface area contributed by atoms with E-state index in [9.17, 15) is 9.59 Å². The van der Waals surface area contributed by atoms with E-state index >= 15 is 0 Å². The fraction of sp³-hybridized carbons (Fsp3) is 0.467. The van der Waals surface area contributed by atoms with Crippen LogP contribution in [0.1, 0.15) is 46.3 Å². The summed E-state index contributed by atoms with van der Waals surface area (Å²) in [6.07, 6.45) is 5.17. The summed E-state index contributed by atoms with van der Waals surface area (Å²) in [5.41, 5.74) is 1.80. The molecule has 0 saturated heterocycles. The Hall–Kier alpha value is -2.09. The van der Waals surface area contributed by atoms with E-state index < -0.39 is 0 Å². The molecule has 1 fully saturated rings. The van der Waals surface area contributed by atoms with Gasteiger partial charge in [-0.2, -0.15) is 11.8 Å². The van der Waals surface area contributed by atoms with Crippen molar-refractivity contribution in [2.75, 3.05) is 12.3 Å². The number of aromatic nitrogens is 4. The van der Waals surface area contributed by atoms with E-state index in [0.717, 1.165) is 35.7 Å². The van der Waals surface area contributed by atoms with Crippen molar-refractivity contribution in [1.82, 2.24) is 25.3 Å². The molecule has 3 rings (SSSR count). The Morgan fingerprint density at radius 1 is 1.43 bits per heavy atom. The standard InChI is InChI=1S/C15H19N5O2S/c1-9-12(19-8-18-9)7-23-5-4-16-14(21)11-6-17-13(10-2-3-10)20-15(11)22/h6,8,10H,2-5,7H2,1H3,(H,16,21)(H,18,19)(H,17,20,22). The predicted octanol–water partition coefficient (Wildman–Crippen LogP) is 1.34. The Kier molecular flexibility index (Phi) is 4.80. The summed E-state index contributed by atoms with van der Waals surface area (Å²) in [6.45, 7) is 2.48. The van der Waals surface area contributed by atoms with Gasteiger partial charge in [0, 0.05) is 35.9 Å². The van der Waals surface area contributed by atoms with Crippen LogP contribution in [0.3, 0.4) is 0 Å². The summed E-state index contributed by atoms with van der Waals surface area (Å²) in [5, 5.41) is 2.75. The summed E-state index contributed by atoms with van der Waals surface area (Å²) in [6, 6.07) is 0. The van der Waals surface area contributed by atoms with E-state index in [4.69, 9.17) is 0 Å². The first kappa shape index (κ1) is 15.8. The lowest BCUT2D eigenvalue weighted by molar-refractivity contribution is 0.0954. The van der Waals surface area contributed by atoms with Crippen LogP contribution in [0.15, 0.2) is 17.3 Å². The van der Waals surface area contributed by atoms with Crippen molar-refractivity contribution < 1.29 is 4.79 Å². The third-order valence-corrected chi connectivity index (χ3v) is 4.70. The van der Waals surface area contributed by atoms with Gasteiger partial charge in [-0.05, 0) is 19.8 Å². The molecular weight excluding hydrogens is 314 g/mol. The summed E-state index contributed by atoms with van der Waals surface area (Å²) in [7, 11) is 0. The van der Waals surface area contributed by atoms with Crippen LogP contribution in [0.25, 0.3) is 0 Å². The summed E-state index contributed by atoms with van der Waals surface area (Å²) in [5.74, 6) is 2.23. The number of aromatic amines is 2. The van der Waals surface area contributed by atoms with Crippen molar-refractivity contribution >= 4 is 17.7 Å². The topological polar surface area (TPSA) is 104 Å². The molecule has 7 nitrogen and oxygen atoms in total. The number of amides is 1. The van der Waals surface area contributed by atoms with Gasteiger partial charge in [-0.3, -0.25) is 9.59 Å². The highest BCUT2D eigenvalue weighted by Gasteiger charge is 2.26. The van der Waals surface area contributed by atoms with E-state index in [1.807, 2.05) is 6.92 Å². The minimum absolute atomic E-state index is 0.0718. The highest BCUT2D eigenvalue weighted by Crippen LogP contribution is 2.37. The maximum absolute atomic E-state index is 12.0. The average molecular weight is 333 g/mol. The molecule has 1 saturated carbocycles. The predicted molar refractivity (Wildman–Crippen MR) is 88.7 cm³/mol.